The largest absolute Gasteiger partial charge is 0.350 e. The van der Waals surface area contributed by atoms with E-state index in [2.05, 4.69) is 15.4 Å². The molecule has 3 rings (SSSR count). The second kappa shape index (κ2) is 6.95. The first-order valence-corrected chi connectivity index (χ1v) is 10.8. The van der Waals surface area contributed by atoms with Crippen LogP contribution in [0.25, 0.3) is 0 Å². The van der Waals surface area contributed by atoms with E-state index < -0.39 is 10.0 Å². The number of sulfonamides is 1. The third-order valence-corrected chi connectivity index (χ3v) is 5.62. The molecule has 0 fully saturated rings. The molecule has 0 saturated carbocycles. The van der Waals surface area contributed by atoms with E-state index in [4.69, 9.17) is 0 Å². The van der Waals surface area contributed by atoms with Gasteiger partial charge in [0.05, 0.1) is 17.9 Å². The van der Waals surface area contributed by atoms with Crippen LogP contribution in [0.2, 0.25) is 0 Å². The Hall–Kier alpha value is -2.42. The minimum Gasteiger partial charge on any atom is -0.350 e. The van der Waals surface area contributed by atoms with Crippen LogP contribution in [0.1, 0.15) is 61.4 Å². The summed E-state index contributed by atoms with van der Waals surface area (Å²) in [7, 11) is -3.45. The molecule has 1 unspecified atom stereocenters. The molecule has 9 heteroatoms. The molecular weight excluding hydrogens is 366 g/mol. The number of carbonyl (C=O) groups is 1. The van der Waals surface area contributed by atoms with Crippen molar-refractivity contribution in [3.05, 3.63) is 41.5 Å². The molecule has 2 aromatic rings. The molecule has 1 aliphatic heterocycles. The zero-order chi connectivity index (χ0) is 19.9. The molecule has 1 N–H and O–H groups in total. The smallest absolute Gasteiger partial charge is 0.251 e. The minimum atomic E-state index is -3.45. The van der Waals surface area contributed by atoms with Crippen molar-refractivity contribution in [1.29, 1.82) is 0 Å². The number of nitrogens with one attached hydrogen (secondary N) is 1. The monoisotopic (exact) mass is 391 g/mol. The number of rotatable bonds is 5. The maximum absolute atomic E-state index is 12.4. The lowest BCUT2D eigenvalue weighted by Gasteiger charge is -2.16. The van der Waals surface area contributed by atoms with Crippen LogP contribution in [0.4, 0.5) is 5.69 Å². The Morgan fingerprint density at radius 1 is 1.26 bits per heavy atom. The molecule has 1 aliphatic rings. The summed E-state index contributed by atoms with van der Waals surface area (Å²) in [5.74, 6) is 0.0454. The maximum Gasteiger partial charge on any atom is 0.251 e. The van der Waals surface area contributed by atoms with E-state index in [1.54, 1.807) is 29.2 Å². The molecule has 1 aromatic carbocycles. The summed E-state index contributed by atoms with van der Waals surface area (Å²) in [6.07, 6.45) is 2.83. The van der Waals surface area contributed by atoms with Gasteiger partial charge in [0.15, 0.2) is 5.82 Å². The predicted octanol–water partition coefficient (Wildman–Crippen LogP) is 1.91. The average molecular weight is 391 g/mol. The number of benzene rings is 1. The molecule has 2 heterocycles. The highest BCUT2D eigenvalue weighted by molar-refractivity contribution is 7.92. The van der Waals surface area contributed by atoms with E-state index in [9.17, 15) is 13.2 Å². The summed E-state index contributed by atoms with van der Waals surface area (Å²) in [5, 5.41) is 7.37. The fraction of sp³-hybridized carbons (Fsp3) is 0.500. The van der Waals surface area contributed by atoms with Crippen molar-refractivity contribution in [2.75, 3.05) is 17.1 Å². The maximum atomic E-state index is 12.4. The molecule has 0 aliphatic carbocycles. The lowest BCUT2D eigenvalue weighted by atomic mass is 9.98. The van der Waals surface area contributed by atoms with Crippen LogP contribution >= 0.6 is 0 Å². The van der Waals surface area contributed by atoms with Crippen LogP contribution in [0.3, 0.4) is 0 Å². The molecule has 0 saturated heterocycles. The van der Waals surface area contributed by atoms with E-state index in [1.165, 1.54) is 10.6 Å². The summed E-state index contributed by atoms with van der Waals surface area (Å²) in [6, 6.07) is 5.25. The number of aromatic nitrogens is 3. The second-order valence-electron chi connectivity index (χ2n) is 7.42. The Labute approximate surface area is 159 Å². The minimum absolute atomic E-state index is 0.0116. The molecule has 1 aromatic heterocycles. The van der Waals surface area contributed by atoms with Gasteiger partial charge in [0.1, 0.15) is 6.33 Å². The van der Waals surface area contributed by atoms with Crippen molar-refractivity contribution in [1.82, 2.24) is 20.1 Å². The zero-order valence-corrected chi connectivity index (χ0v) is 17.0. The number of carbonyl (C=O) groups excluding carboxylic acids is 1. The Bertz CT molecular complexity index is 965. The van der Waals surface area contributed by atoms with E-state index in [1.807, 2.05) is 27.7 Å². The van der Waals surface area contributed by atoms with Gasteiger partial charge in [-0.05, 0) is 51.5 Å². The number of fused-ring (bicyclic) bond motifs is 1. The molecule has 0 spiro atoms. The van der Waals surface area contributed by atoms with Crippen LogP contribution in [0.5, 0.6) is 0 Å². The summed E-state index contributed by atoms with van der Waals surface area (Å²) >= 11 is 0. The van der Waals surface area contributed by atoms with E-state index in [0.29, 0.717) is 17.1 Å². The van der Waals surface area contributed by atoms with Gasteiger partial charge in [-0.1, -0.05) is 0 Å². The average Bonchev–Trinajstić information content (AvgIpc) is 3.17. The standard InChI is InChI=1S/C18H25N5O3S/c1-11(2)20-18(24)13-6-7-16-14(8-13)15(9-23(16)27(5,25)26)17-19-10-22(21-17)12(3)4/h6-8,10-12,15H,9H2,1-5H3,(H,20,24). The number of anilines is 1. The molecule has 0 bridgehead atoms. The van der Waals surface area contributed by atoms with Gasteiger partial charge in [-0.15, -0.1) is 0 Å². The summed E-state index contributed by atoms with van der Waals surface area (Å²) in [5.41, 5.74) is 1.81. The van der Waals surface area contributed by atoms with Gasteiger partial charge >= 0.3 is 0 Å². The Morgan fingerprint density at radius 3 is 2.52 bits per heavy atom. The van der Waals surface area contributed by atoms with Crippen molar-refractivity contribution in [2.45, 2.75) is 45.7 Å². The number of nitrogens with zero attached hydrogens (tertiary/aromatic N) is 4. The first-order valence-electron chi connectivity index (χ1n) is 8.91. The van der Waals surface area contributed by atoms with E-state index in [-0.39, 0.29) is 30.5 Å². The number of hydrogen-bond acceptors (Lipinski definition) is 5. The van der Waals surface area contributed by atoms with Crippen molar-refractivity contribution >= 4 is 21.6 Å². The third-order valence-electron chi connectivity index (χ3n) is 4.47. The SMILES string of the molecule is CC(C)NC(=O)c1ccc2c(c1)C(c1ncn(C(C)C)n1)CN2S(C)(=O)=O. The van der Waals surface area contributed by atoms with Crippen molar-refractivity contribution < 1.29 is 13.2 Å². The first-order chi connectivity index (χ1) is 12.6. The van der Waals surface area contributed by atoms with Crippen LogP contribution < -0.4 is 9.62 Å². The van der Waals surface area contributed by atoms with Gasteiger partial charge < -0.3 is 5.32 Å². The summed E-state index contributed by atoms with van der Waals surface area (Å²) in [6.45, 7) is 8.01. The van der Waals surface area contributed by atoms with Gasteiger partial charge in [0.25, 0.3) is 5.91 Å². The topological polar surface area (TPSA) is 97.2 Å². The van der Waals surface area contributed by atoms with Gasteiger partial charge in [-0.3, -0.25) is 13.8 Å². The van der Waals surface area contributed by atoms with E-state index >= 15 is 0 Å². The van der Waals surface area contributed by atoms with Crippen molar-refractivity contribution in [3.8, 4) is 0 Å². The Kier molecular flexibility index (Phi) is 4.98. The highest BCUT2D eigenvalue weighted by Crippen LogP contribution is 2.40. The Morgan fingerprint density at radius 2 is 1.96 bits per heavy atom. The normalized spacial score (nSPS) is 16.9. The first kappa shape index (κ1) is 19.3. The molecule has 146 valence electrons. The van der Waals surface area contributed by atoms with Crippen molar-refractivity contribution in [2.24, 2.45) is 0 Å². The number of amides is 1. The predicted molar refractivity (Wildman–Crippen MR) is 103 cm³/mol. The van der Waals surface area contributed by atoms with E-state index in [0.717, 1.165) is 5.56 Å². The van der Waals surface area contributed by atoms with Crippen LogP contribution in [-0.2, 0) is 10.0 Å². The van der Waals surface area contributed by atoms with Crippen LogP contribution in [-0.4, -0.2) is 47.9 Å². The van der Waals surface area contributed by atoms with Gasteiger partial charge in [0, 0.05) is 24.2 Å². The fourth-order valence-electron chi connectivity index (χ4n) is 3.14. The highest BCUT2D eigenvalue weighted by Gasteiger charge is 2.37. The quantitative estimate of drug-likeness (QED) is 0.840. The molecule has 27 heavy (non-hydrogen) atoms. The molecule has 1 amide bonds. The highest BCUT2D eigenvalue weighted by atomic mass is 32.2. The van der Waals surface area contributed by atoms with Gasteiger partial charge in [-0.25, -0.2) is 13.4 Å². The molecule has 0 radical (unpaired) electrons. The third kappa shape index (κ3) is 3.83. The summed E-state index contributed by atoms with van der Waals surface area (Å²) < 4.78 is 27.6. The summed E-state index contributed by atoms with van der Waals surface area (Å²) in [4.78, 5) is 16.8. The lowest BCUT2D eigenvalue weighted by Crippen LogP contribution is -2.30. The van der Waals surface area contributed by atoms with Crippen LogP contribution in [0, 0.1) is 0 Å². The molecular formula is C18H25N5O3S. The fourth-order valence-corrected chi connectivity index (χ4v) is 4.08. The molecule has 8 nitrogen and oxygen atoms in total. The Balaban J connectivity index is 2.06. The molecule has 1 atom stereocenters. The van der Waals surface area contributed by atoms with Gasteiger partial charge in [0.2, 0.25) is 10.0 Å². The second-order valence-corrected chi connectivity index (χ2v) is 9.33. The number of hydrogen-bond donors (Lipinski definition) is 1. The lowest BCUT2D eigenvalue weighted by molar-refractivity contribution is 0.0943. The van der Waals surface area contributed by atoms with Gasteiger partial charge in [-0.2, -0.15) is 5.10 Å². The van der Waals surface area contributed by atoms with Crippen LogP contribution in [0.15, 0.2) is 24.5 Å². The zero-order valence-electron chi connectivity index (χ0n) is 16.2. The van der Waals surface area contributed by atoms with Crippen molar-refractivity contribution in [3.63, 3.8) is 0 Å².